The zero-order valence-electron chi connectivity index (χ0n) is 9.62. The minimum Gasteiger partial charge on any atom is -0.376 e. The van der Waals surface area contributed by atoms with Gasteiger partial charge in [-0.15, -0.1) is 0 Å². The van der Waals surface area contributed by atoms with Crippen molar-refractivity contribution in [3.63, 3.8) is 0 Å². The molecule has 0 radical (unpaired) electrons. The van der Waals surface area contributed by atoms with Crippen LogP contribution in [0.2, 0.25) is 5.02 Å². The summed E-state index contributed by atoms with van der Waals surface area (Å²) < 4.78 is 5.44. The average Bonchev–Trinajstić information content (AvgIpc) is 2.83. The predicted octanol–water partition coefficient (Wildman–Crippen LogP) is 2.18. The van der Waals surface area contributed by atoms with Crippen LogP contribution in [0.25, 0.3) is 0 Å². The molecule has 2 rings (SSSR count). The van der Waals surface area contributed by atoms with Crippen LogP contribution in [0, 0.1) is 0 Å². The Morgan fingerprint density at radius 2 is 2.18 bits per heavy atom. The molecule has 92 valence electrons. The number of carbonyl (C=O) groups excluding carboxylic acids is 1. The van der Waals surface area contributed by atoms with Crippen molar-refractivity contribution < 1.29 is 9.53 Å². The van der Waals surface area contributed by atoms with Gasteiger partial charge < -0.3 is 10.1 Å². The summed E-state index contributed by atoms with van der Waals surface area (Å²) >= 11 is 5.78. The number of ether oxygens (including phenoxy) is 1. The molecule has 1 aliphatic rings. The van der Waals surface area contributed by atoms with Gasteiger partial charge in [0, 0.05) is 18.2 Å². The van der Waals surface area contributed by atoms with Crippen molar-refractivity contribution in [2.24, 2.45) is 0 Å². The highest BCUT2D eigenvalue weighted by molar-refractivity contribution is 6.30. The van der Waals surface area contributed by atoms with Crippen LogP contribution in [0.3, 0.4) is 0 Å². The van der Waals surface area contributed by atoms with E-state index in [1.165, 1.54) is 0 Å². The number of hydrogen-bond acceptors (Lipinski definition) is 2. The van der Waals surface area contributed by atoms with Crippen molar-refractivity contribution in [3.05, 3.63) is 34.9 Å². The lowest BCUT2D eigenvalue weighted by molar-refractivity contribution is -0.120. The molecule has 1 aromatic carbocycles. The lowest BCUT2D eigenvalue weighted by Crippen LogP contribution is -2.32. The van der Waals surface area contributed by atoms with E-state index in [4.69, 9.17) is 16.3 Å². The largest absolute Gasteiger partial charge is 0.376 e. The maximum atomic E-state index is 11.7. The van der Waals surface area contributed by atoms with Crippen LogP contribution in [-0.4, -0.2) is 25.2 Å². The first kappa shape index (κ1) is 12.4. The first-order chi connectivity index (χ1) is 8.24. The molecule has 3 nitrogen and oxygen atoms in total. The van der Waals surface area contributed by atoms with E-state index < -0.39 is 0 Å². The zero-order valence-corrected chi connectivity index (χ0v) is 10.4. The lowest BCUT2D eigenvalue weighted by Gasteiger charge is -2.10. The molecule has 1 aromatic rings. The summed E-state index contributed by atoms with van der Waals surface area (Å²) in [5.74, 6) is 0.0304. The minimum absolute atomic E-state index is 0.0304. The smallest absolute Gasteiger partial charge is 0.224 e. The van der Waals surface area contributed by atoms with E-state index in [0.29, 0.717) is 18.0 Å². The van der Waals surface area contributed by atoms with Gasteiger partial charge in [0.05, 0.1) is 12.5 Å². The van der Waals surface area contributed by atoms with E-state index >= 15 is 0 Å². The monoisotopic (exact) mass is 253 g/mol. The first-order valence-corrected chi connectivity index (χ1v) is 6.24. The summed E-state index contributed by atoms with van der Waals surface area (Å²) in [6.07, 6.45) is 2.73. The Morgan fingerprint density at radius 1 is 1.41 bits per heavy atom. The molecule has 1 amide bonds. The van der Waals surface area contributed by atoms with Gasteiger partial charge in [-0.25, -0.2) is 0 Å². The second kappa shape index (κ2) is 6.03. The van der Waals surface area contributed by atoms with Crippen molar-refractivity contribution >= 4 is 17.5 Å². The van der Waals surface area contributed by atoms with Crippen molar-refractivity contribution in [3.8, 4) is 0 Å². The van der Waals surface area contributed by atoms with Crippen molar-refractivity contribution in [1.82, 2.24) is 5.32 Å². The van der Waals surface area contributed by atoms with Gasteiger partial charge in [0.1, 0.15) is 0 Å². The Kier molecular flexibility index (Phi) is 4.40. The third kappa shape index (κ3) is 4.02. The normalized spacial score (nSPS) is 19.2. The Morgan fingerprint density at radius 3 is 2.82 bits per heavy atom. The van der Waals surface area contributed by atoms with Gasteiger partial charge in [0.2, 0.25) is 5.91 Å². The summed E-state index contributed by atoms with van der Waals surface area (Å²) in [4.78, 5) is 11.7. The Balaban J connectivity index is 1.74. The molecule has 0 unspecified atom stereocenters. The molecular weight excluding hydrogens is 238 g/mol. The number of hydrogen-bond donors (Lipinski definition) is 1. The summed E-state index contributed by atoms with van der Waals surface area (Å²) in [6, 6.07) is 7.33. The van der Waals surface area contributed by atoms with Gasteiger partial charge >= 0.3 is 0 Å². The second-order valence-electron chi connectivity index (χ2n) is 4.24. The fraction of sp³-hybridized carbons (Fsp3) is 0.462. The molecule has 0 aromatic heterocycles. The maximum Gasteiger partial charge on any atom is 0.224 e. The highest BCUT2D eigenvalue weighted by Gasteiger charge is 2.15. The van der Waals surface area contributed by atoms with Gasteiger partial charge in [-0.2, -0.15) is 0 Å². The summed E-state index contributed by atoms with van der Waals surface area (Å²) in [5, 5.41) is 3.58. The Hall–Kier alpha value is -1.06. The quantitative estimate of drug-likeness (QED) is 0.893. The van der Waals surface area contributed by atoms with Crippen LogP contribution >= 0.6 is 11.6 Å². The second-order valence-corrected chi connectivity index (χ2v) is 4.68. The maximum absolute atomic E-state index is 11.7. The standard InChI is InChI=1S/C13H16ClNO2/c14-11-5-3-10(4-6-11)8-13(16)15-9-12-2-1-7-17-12/h3-6,12H,1-2,7-9H2,(H,15,16)/t12-/m0/s1. The SMILES string of the molecule is O=C(Cc1ccc(Cl)cc1)NC[C@@H]1CCCO1. The molecule has 0 aliphatic carbocycles. The molecule has 1 fully saturated rings. The van der Waals surface area contributed by atoms with Crippen LogP contribution in [0.1, 0.15) is 18.4 Å². The van der Waals surface area contributed by atoms with E-state index in [1.54, 1.807) is 12.1 Å². The van der Waals surface area contributed by atoms with Gasteiger partial charge in [0.15, 0.2) is 0 Å². The van der Waals surface area contributed by atoms with Gasteiger partial charge in [0.25, 0.3) is 0 Å². The number of amides is 1. The molecule has 1 atom stereocenters. The molecular formula is C13H16ClNO2. The number of rotatable bonds is 4. The molecule has 1 heterocycles. The van der Waals surface area contributed by atoms with Gasteiger partial charge in [-0.3, -0.25) is 4.79 Å². The Bertz CT molecular complexity index is 372. The fourth-order valence-corrected chi connectivity index (χ4v) is 2.01. The zero-order chi connectivity index (χ0) is 12.1. The summed E-state index contributed by atoms with van der Waals surface area (Å²) in [6.45, 7) is 1.43. The van der Waals surface area contributed by atoms with Crippen molar-refractivity contribution in [2.75, 3.05) is 13.2 Å². The molecule has 17 heavy (non-hydrogen) atoms. The molecule has 0 spiro atoms. The lowest BCUT2D eigenvalue weighted by atomic mass is 10.1. The summed E-state index contributed by atoms with van der Waals surface area (Å²) in [5.41, 5.74) is 0.972. The molecule has 1 N–H and O–H groups in total. The minimum atomic E-state index is 0.0304. The number of halogens is 1. The Labute approximate surface area is 106 Å². The first-order valence-electron chi connectivity index (χ1n) is 5.87. The highest BCUT2D eigenvalue weighted by Crippen LogP contribution is 2.11. The number of carbonyl (C=O) groups is 1. The molecule has 1 aliphatic heterocycles. The van der Waals surface area contributed by atoms with Gasteiger partial charge in [-0.1, -0.05) is 23.7 Å². The molecule has 4 heteroatoms. The topological polar surface area (TPSA) is 38.3 Å². The third-order valence-electron chi connectivity index (χ3n) is 2.83. The van der Waals surface area contributed by atoms with E-state index in [0.717, 1.165) is 25.0 Å². The van der Waals surface area contributed by atoms with Crippen LogP contribution in [0.15, 0.2) is 24.3 Å². The van der Waals surface area contributed by atoms with Crippen molar-refractivity contribution in [1.29, 1.82) is 0 Å². The van der Waals surface area contributed by atoms with E-state index in [2.05, 4.69) is 5.32 Å². The van der Waals surface area contributed by atoms with E-state index in [1.807, 2.05) is 12.1 Å². The average molecular weight is 254 g/mol. The fourth-order valence-electron chi connectivity index (χ4n) is 1.88. The van der Waals surface area contributed by atoms with Crippen LogP contribution in [0.5, 0.6) is 0 Å². The van der Waals surface area contributed by atoms with Crippen molar-refractivity contribution in [2.45, 2.75) is 25.4 Å². The predicted molar refractivity (Wildman–Crippen MR) is 67.1 cm³/mol. The summed E-state index contributed by atoms with van der Waals surface area (Å²) in [7, 11) is 0. The third-order valence-corrected chi connectivity index (χ3v) is 3.08. The van der Waals surface area contributed by atoms with Crippen LogP contribution in [0.4, 0.5) is 0 Å². The van der Waals surface area contributed by atoms with E-state index in [9.17, 15) is 4.79 Å². The number of benzene rings is 1. The van der Waals surface area contributed by atoms with E-state index in [-0.39, 0.29) is 12.0 Å². The van der Waals surface area contributed by atoms with Crippen LogP contribution < -0.4 is 5.32 Å². The molecule has 1 saturated heterocycles. The number of nitrogens with one attached hydrogen (secondary N) is 1. The van der Waals surface area contributed by atoms with Crippen LogP contribution in [-0.2, 0) is 16.0 Å². The van der Waals surface area contributed by atoms with Gasteiger partial charge in [-0.05, 0) is 30.5 Å². The molecule has 0 saturated carbocycles. The molecule has 0 bridgehead atoms. The highest BCUT2D eigenvalue weighted by atomic mass is 35.5.